The first kappa shape index (κ1) is 10.7. The number of aryl methyl sites for hydroxylation is 1. The van der Waals surface area contributed by atoms with E-state index in [1.807, 2.05) is 19.1 Å². The Balaban J connectivity index is 2.42. The normalized spacial score (nSPS) is 15.1. The molecule has 1 saturated carbocycles. The Morgan fingerprint density at radius 3 is 2.67 bits per heavy atom. The highest BCUT2D eigenvalue weighted by atomic mass is 79.9. The van der Waals surface area contributed by atoms with Crippen molar-refractivity contribution in [2.45, 2.75) is 32.8 Å². The number of carbonyl (C=O) groups excluding carboxylic acids is 1. The minimum atomic E-state index is 0.0510. The maximum Gasteiger partial charge on any atom is 0.163 e. The number of ketones is 1. The minimum Gasteiger partial charge on any atom is -0.488 e. The average molecular weight is 269 g/mol. The quantitative estimate of drug-likeness (QED) is 0.785. The Hall–Kier alpha value is -0.830. The molecule has 1 aliphatic rings. The minimum absolute atomic E-state index is 0.0510. The van der Waals surface area contributed by atoms with Gasteiger partial charge in [0.05, 0.1) is 16.1 Å². The second kappa shape index (κ2) is 3.97. The highest BCUT2D eigenvalue weighted by molar-refractivity contribution is 9.10. The Bertz CT molecular complexity index is 408. The van der Waals surface area contributed by atoms with Crippen LogP contribution in [0.2, 0.25) is 0 Å². The van der Waals surface area contributed by atoms with Gasteiger partial charge in [0, 0.05) is 0 Å². The van der Waals surface area contributed by atoms with Crippen LogP contribution < -0.4 is 4.74 Å². The standard InChI is InChI=1S/C12H13BrO2/c1-7-5-10(8(2)14)12(11(13)6-7)15-9-3-4-9/h5-6,9H,3-4H2,1-2H3. The first-order valence-electron chi connectivity index (χ1n) is 5.05. The molecular weight excluding hydrogens is 256 g/mol. The number of halogens is 1. The van der Waals surface area contributed by atoms with E-state index in [9.17, 15) is 4.79 Å². The number of benzene rings is 1. The molecule has 1 aromatic rings. The van der Waals surface area contributed by atoms with Gasteiger partial charge in [-0.3, -0.25) is 4.79 Å². The molecule has 0 aliphatic heterocycles. The Morgan fingerprint density at radius 1 is 1.47 bits per heavy atom. The molecule has 0 bridgehead atoms. The highest BCUT2D eigenvalue weighted by Gasteiger charge is 2.26. The fourth-order valence-electron chi connectivity index (χ4n) is 1.46. The molecule has 0 spiro atoms. The van der Waals surface area contributed by atoms with Gasteiger partial charge >= 0.3 is 0 Å². The van der Waals surface area contributed by atoms with Crippen LogP contribution in [0.15, 0.2) is 16.6 Å². The SMILES string of the molecule is CC(=O)c1cc(C)cc(Br)c1OC1CC1. The summed E-state index contributed by atoms with van der Waals surface area (Å²) in [6, 6.07) is 3.86. The topological polar surface area (TPSA) is 26.3 Å². The summed E-state index contributed by atoms with van der Waals surface area (Å²) in [6.07, 6.45) is 2.50. The van der Waals surface area contributed by atoms with E-state index in [1.165, 1.54) is 0 Å². The molecule has 0 saturated heterocycles. The van der Waals surface area contributed by atoms with Gasteiger partial charge in [0.2, 0.25) is 0 Å². The van der Waals surface area contributed by atoms with Crippen molar-refractivity contribution in [1.82, 2.24) is 0 Å². The number of ether oxygens (including phenoxy) is 1. The van der Waals surface area contributed by atoms with Gasteiger partial charge < -0.3 is 4.74 Å². The maximum absolute atomic E-state index is 11.5. The molecule has 3 heteroatoms. The molecule has 0 N–H and O–H groups in total. The lowest BCUT2D eigenvalue weighted by Gasteiger charge is -2.12. The van der Waals surface area contributed by atoms with Crippen LogP contribution in [0, 0.1) is 6.92 Å². The molecule has 1 fully saturated rings. The fourth-order valence-corrected chi connectivity index (χ4v) is 2.13. The first-order chi connectivity index (χ1) is 7.08. The third-order valence-electron chi connectivity index (χ3n) is 2.38. The summed E-state index contributed by atoms with van der Waals surface area (Å²) in [7, 11) is 0. The number of rotatable bonds is 3. The summed E-state index contributed by atoms with van der Waals surface area (Å²) in [4.78, 5) is 11.5. The Morgan fingerprint density at radius 2 is 2.13 bits per heavy atom. The largest absolute Gasteiger partial charge is 0.488 e. The van der Waals surface area contributed by atoms with Gasteiger partial charge in [-0.15, -0.1) is 0 Å². The Kier molecular flexibility index (Phi) is 2.83. The monoisotopic (exact) mass is 268 g/mol. The molecule has 0 atom stereocenters. The number of carbonyl (C=O) groups is 1. The van der Waals surface area contributed by atoms with Crippen molar-refractivity contribution >= 4 is 21.7 Å². The number of hydrogen-bond acceptors (Lipinski definition) is 2. The van der Waals surface area contributed by atoms with Crippen LogP contribution in [0.25, 0.3) is 0 Å². The van der Waals surface area contributed by atoms with Gasteiger partial charge in [-0.2, -0.15) is 0 Å². The lowest BCUT2D eigenvalue weighted by atomic mass is 10.1. The van der Waals surface area contributed by atoms with E-state index in [1.54, 1.807) is 6.92 Å². The zero-order chi connectivity index (χ0) is 11.0. The third-order valence-corrected chi connectivity index (χ3v) is 2.97. The molecule has 2 rings (SSSR count). The van der Waals surface area contributed by atoms with Crippen LogP contribution in [-0.4, -0.2) is 11.9 Å². The zero-order valence-corrected chi connectivity index (χ0v) is 10.4. The molecule has 0 aromatic heterocycles. The van der Waals surface area contributed by atoms with Crippen molar-refractivity contribution in [3.63, 3.8) is 0 Å². The second-order valence-corrected chi connectivity index (χ2v) is 4.85. The van der Waals surface area contributed by atoms with Crippen molar-refractivity contribution in [1.29, 1.82) is 0 Å². The molecular formula is C12H13BrO2. The van der Waals surface area contributed by atoms with E-state index in [-0.39, 0.29) is 5.78 Å². The van der Waals surface area contributed by atoms with Gasteiger partial charge in [-0.05, 0) is 60.3 Å². The third kappa shape index (κ3) is 2.40. The number of Topliss-reactive ketones (excluding diaryl/α,β-unsaturated/α-hetero) is 1. The van der Waals surface area contributed by atoms with Crippen LogP contribution in [0.1, 0.15) is 35.7 Å². The van der Waals surface area contributed by atoms with Crippen molar-refractivity contribution in [2.24, 2.45) is 0 Å². The average Bonchev–Trinajstić information content (AvgIpc) is 2.92. The molecule has 1 aliphatic carbocycles. The zero-order valence-electron chi connectivity index (χ0n) is 8.84. The summed E-state index contributed by atoms with van der Waals surface area (Å²) in [5.41, 5.74) is 1.74. The summed E-state index contributed by atoms with van der Waals surface area (Å²) < 4.78 is 6.61. The Labute approximate surface area is 97.8 Å². The predicted molar refractivity (Wildman–Crippen MR) is 62.5 cm³/mol. The van der Waals surface area contributed by atoms with Crippen LogP contribution in [0.4, 0.5) is 0 Å². The van der Waals surface area contributed by atoms with Crippen LogP contribution in [0.5, 0.6) is 5.75 Å². The van der Waals surface area contributed by atoms with Crippen LogP contribution >= 0.6 is 15.9 Å². The molecule has 0 radical (unpaired) electrons. The molecule has 1 aromatic carbocycles. The number of hydrogen-bond donors (Lipinski definition) is 0. The van der Waals surface area contributed by atoms with Gasteiger partial charge in [-0.25, -0.2) is 0 Å². The molecule has 2 nitrogen and oxygen atoms in total. The summed E-state index contributed by atoms with van der Waals surface area (Å²) in [6.45, 7) is 3.54. The van der Waals surface area contributed by atoms with E-state index >= 15 is 0 Å². The second-order valence-electron chi connectivity index (χ2n) is 4.00. The van der Waals surface area contributed by atoms with Crippen LogP contribution in [0.3, 0.4) is 0 Å². The van der Waals surface area contributed by atoms with Crippen molar-refractivity contribution in [3.8, 4) is 5.75 Å². The van der Waals surface area contributed by atoms with Gasteiger partial charge in [0.1, 0.15) is 5.75 Å². The first-order valence-corrected chi connectivity index (χ1v) is 5.85. The molecule has 15 heavy (non-hydrogen) atoms. The highest BCUT2D eigenvalue weighted by Crippen LogP contribution is 2.36. The van der Waals surface area contributed by atoms with Gasteiger partial charge in [0.25, 0.3) is 0 Å². The van der Waals surface area contributed by atoms with E-state index in [2.05, 4.69) is 15.9 Å². The smallest absolute Gasteiger partial charge is 0.163 e. The van der Waals surface area contributed by atoms with E-state index in [0.29, 0.717) is 17.4 Å². The van der Waals surface area contributed by atoms with Gasteiger partial charge in [0.15, 0.2) is 5.78 Å². The lowest BCUT2D eigenvalue weighted by Crippen LogP contribution is -2.04. The summed E-state index contributed by atoms with van der Waals surface area (Å²) >= 11 is 3.45. The lowest BCUT2D eigenvalue weighted by molar-refractivity contribution is 0.101. The van der Waals surface area contributed by atoms with E-state index < -0.39 is 0 Å². The summed E-state index contributed by atoms with van der Waals surface area (Å²) in [5.74, 6) is 0.755. The van der Waals surface area contributed by atoms with Gasteiger partial charge in [-0.1, -0.05) is 0 Å². The summed E-state index contributed by atoms with van der Waals surface area (Å²) in [5, 5.41) is 0. The fraction of sp³-hybridized carbons (Fsp3) is 0.417. The maximum atomic E-state index is 11.5. The molecule has 80 valence electrons. The van der Waals surface area contributed by atoms with Crippen molar-refractivity contribution < 1.29 is 9.53 Å². The van der Waals surface area contributed by atoms with Crippen LogP contribution in [-0.2, 0) is 0 Å². The predicted octanol–water partition coefficient (Wildman–Crippen LogP) is 3.50. The molecule has 0 unspecified atom stereocenters. The van der Waals surface area contributed by atoms with Crippen molar-refractivity contribution in [2.75, 3.05) is 0 Å². The van der Waals surface area contributed by atoms with E-state index in [0.717, 1.165) is 22.9 Å². The van der Waals surface area contributed by atoms with Crippen molar-refractivity contribution in [3.05, 3.63) is 27.7 Å². The molecule has 0 amide bonds. The van der Waals surface area contributed by atoms with E-state index in [4.69, 9.17) is 4.74 Å². The molecule has 0 heterocycles.